The van der Waals surface area contributed by atoms with Crippen molar-refractivity contribution in [2.45, 2.75) is 45.4 Å². The maximum atomic E-state index is 12.1. The van der Waals surface area contributed by atoms with Gasteiger partial charge in [0.05, 0.1) is 0 Å². The Morgan fingerprint density at radius 3 is 2.52 bits per heavy atom. The molecule has 1 atom stereocenters. The van der Waals surface area contributed by atoms with Crippen LogP contribution in [-0.4, -0.2) is 17.5 Å². The van der Waals surface area contributed by atoms with Gasteiger partial charge in [-0.15, -0.1) is 0 Å². The quantitative estimate of drug-likeness (QED) is 0.837. The molecule has 2 amide bonds. The zero-order valence-corrected chi connectivity index (χ0v) is 13.5. The topological polar surface area (TPSA) is 70.6 Å². The molecule has 1 aromatic carbocycles. The minimum atomic E-state index is -0.212. The average Bonchev–Trinajstić information content (AvgIpc) is 3.38. The Hall–Kier alpha value is -2.17. The van der Waals surface area contributed by atoms with Gasteiger partial charge in [-0.2, -0.15) is 5.10 Å². The number of hydrazone groups is 1. The maximum absolute atomic E-state index is 12.1. The highest BCUT2D eigenvalue weighted by Crippen LogP contribution is 2.30. The highest BCUT2D eigenvalue weighted by atomic mass is 16.2. The predicted octanol–water partition coefficient (Wildman–Crippen LogP) is 3.33. The van der Waals surface area contributed by atoms with Gasteiger partial charge in [-0.05, 0) is 68.7 Å². The number of benzene rings is 1. The lowest BCUT2D eigenvalue weighted by Crippen LogP contribution is -2.22. The minimum Gasteiger partial charge on any atom is -0.326 e. The van der Waals surface area contributed by atoms with E-state index in [1.54, 1.807) is 24.3 Å². The third-order valence-corrected chi connectivity index (χ3v) is 4.42. The summed E-state index contributed by atoms with van der Waals surface area (Å²) in [6.07, 6.45) is 6.27. The SMILES string of the molecule is CC1CCCC(=NNC(=O)c2ccc(NC(=O)C3CC3)cc2)C1. The van der Waals surface area contributed by atoms with Gasteiger partial charge in [0.25, 0.3) is 5.91 Å². The van der Waals surface area contributed by atoms with Crippen molar-refractivity contribution in [3.63, 3.8) is 0 Å². The van der Waals surface area contributed by atoms with E-state index in [4.69, 9.17) is 0 Å². The normalized spacial score (nSPS) is 22.7. The number of nitrogens with one attached hydrogen (secondary N) is 2. The van der Waals surface area contributed by atoms with Crippen LogP contribution in [0.4, 0.5) is 5.69 Å². The van der Waals surface area contributed by atoms with Crippen molar-refractivity contribution in [1.82, 2.24) is 5.43 Å². The Morgan fingerprint density at radius 1 is 1.13 bits per heavy atom. The summed E-state index contributed by atoms with van der Waals surface area (Å²) >= 11 is 0. The Labute approximate surface area is 136 Å². The van der Waals surface area contributed by atoms with Crippen LogP contribution in [0.3, 0.4) is 0 Å². The number of rotatable bonds is 4. The standard InChI is InChI=1S/C18H23N3O2/c1-12-3-2-4-16(11-12)20-21-18(23)14-7-9-15(10-8-14)19-17(22)13-5-6-13/h7-10,12-13H,2-6,11H2,1H3,(H,19,22)(H,21,23). The van der Waals surface area contributed by atoms with Crippen LogP contribution in [0.2, 0.25) is 0 Å². The molecule has 122 valence electrons. The molecule has 1 unspecified atom stereocenters. The first kappa shape index (κ1) is 15.7. The predicted molar refractivity (Wildman–Crippen MR) is 90.3 cm³/mol. The highest BCUT2D eigenvalue weighted by Gasteiger charge is 2.29. The molecule has 2 saturated carbocycles. The number of carbonyl (C=O) groups excluding carboxylic acids is 2. The summed E-state index contributed by atoms with van der Waals surface area (Å²) < 4.78 is 0. The fourth-order valence-corrected chi connectivity index (χ4v) is 2.85. The number of nitrogens with zero attached hydrogens (tertiary/aromatic N) is 1. The Bertz CT molecular complexity index is 618. The van der Waals surface area contributed by atoms with Crippen molar-refractivity contribution in [1.29, 1.82) is 0 Å². The van der Waals surface area contributed by atoms with Crippen LogP contribution in [-0.2, 0) is 4.79 Å². The molecule has 2 aliphatic carbocycles. The monoisotopic (exact) mass is 313 g/mol. The summed E-state index contributed by atoms with van der Waals surface area (Å²) in [7, 11) is 0. The fraction of sp³-hybridized carbons (Fsp3) is 0.500. The molecule has 0 bridgehead atoms. The number of anilines is 1. The van der Waals surface area contributed by atoms with Gasteiger partial charge in [-0.1, -0.05) is 6.92 Å². The van der Waals surface area contributed by atoms with Crippen LogP contribution in [0, 0.1) is 11.8 Å². The zero-order chi connectivity index (χ0) is 16.2. The van der Waals surface area contributed by atoms with Crippen molar-refractivity contribution in [2.24, 2.45) is 16.9 Å². The first-order valence-corrected chi connectivity index (χ1v) is 8.38. The molecule has 0 radical (unpaired) electrons. The molecule has 0 spiro atoms. The average molecular weight is 313 g/mol. The third-order valence-electron chi connectivity index (χ3n) is 4.42. The molecule has 2 fully saturated rings. The van der Waals surface area contributed by atoms with Gasteiger partial charge >= 0.3 is 0 Å². The van der Waals surface area contributed by atoms with E-state index < -0.39 is 0 Å². The van der Waals surface area contributed by atoms with E-state index in [-0.39, 0.29) is 17.7 Å². The number of hydrogen-bond acceptors (Lipinski definition) is 3. The van der Waals surface area contributed by atoms with E-state index in [1.165, 1.54) is 6.42 Å². The van der Waals surface area contributed by atoms with Crippen LogP contribution < -0.4 is 10.7 Å². The second kappa shape index (κ2) is 6.94. The van der Waals surface area contributed by atoms with Gasteiger partial charge in [0.2, 0.25) is 5.91 Å². The lowest BCUT2D eigenvalue weighted by atomic mass is 9.89. The van der Waals surface area contributed by atoms with Crippen LogP contribution in [0.15, 0.2) is 29.4 Å². The van der Waals surface area contributed by atoms with E-state index in [2.05, 4.69) is 22.8 Å². The number of amides is 2. The number of hydrogen-bond donors (Lipinski definition) is 2. The molecule has 1 aromatic rings. The van der Waals surface area contributed by atoms with Crippen molar-refractivity contribution in [2.75, 3.05) is 5.32 Å². The van der Waals surface area contributed by atoms with Crippen LogP contribution in [0.5, 0.6) is 0 Å². The van der Waals surface area contributed by atoms with E-state index in [9.17, 15) is 9.59 Å². The fourth-order valence-electron chi connectivity index (χ4n) is 2.85. The second-order valence-electron chi connectivity index (χ2n) is 6.66. The Balaban J connectivity index is 1.54. The van der Waals surface area contributed by atoms with Crippen molar-refractivity contribution in [3.8, 4) is 0 Å². The molecular weight excluding hydrogens is 290 g/mol. The Morgan fingerprint density at radius 2 is 1.87 bits per heavy atom. The largest absolute Gasteiger partial charge is 0.326 e. The van der Waals surface area contributed by atoms with Gasteiger partial charge in [0.1, 0.15) is 0 Å². The molecule has 0 aromatic heterocycles. The lowest BCUT2D eigenvalue weighted by molar-refractivity contribution is -0.117. The summed E-state index contributed by atoms with van der Waals surface area (Å²) in [6.45, 7) is 2.21. The van der Waals surface area contributed by atoms with E-state index >= 15 is 0 Å². The van der Waals surface area contributed by atoms with Gasteiger partial charge in [-0.3, -0.25) is 9.59 Å². The summed E-state index contributed by atoms with van der Waals surface area (Å²) in [5.74, 6) is 0.677. The van der Waals surface area contributed by atoms with E-state index in [0.717, 1.165) is 43.5 Å². The summed E-state index contributed by atoms with van der Waals surface area (Å²) in [4.78, 5) is 23.8. The summed E-state index contributed by atoms with van der Waals surface area (Å²) in [6, 6.07) is 6.93. The third kappa shape index (κ3) is 4.41. The molecule has 2 aliphatic rings. The molecule has 2 N–H and O–H groups in total. The van der Waals surface area contributed by atoms with Crippen LogP contribution in [0.25, 0.3) is 0 Å². The Kier molecular flexibility index (Phi) is 4.74. The van der Waals surface area contributed by atoms with Crippen molar-refractivity contribution in [3.05, 3.63) is 29.8 Å². The molecule has 5 heteroatoms. The van der Waals surface area contributed by atoms with Gasteiger partial charge in [0, 0.05) is 22.9 Å². The van der Waals surface area contributed by atoms with Crippen LogP contribution >= 0.6 is 0 Å². The maximum Gasteiger partial charge on any atom is 0.271 e. The van der Waals surface area contributed by atoms with Crippen molar-refractivity contribution < 1.29 is 9.59 Å². The number of carbonyl (C=O) groups is 2. The molecule has 23 heavy (non-hydrogen) atoms. The van der Waals surface area contributed by atoms with Gasteiger partial charge < -0.3 is 5.32 Å². The summed E-state index contributed by atoms with van der Waals surface area (Å²) in [5, 5.41) is 7.12. The van der Waals surface area contributed by atoms with E-state index in [1.807, 2.05) is 0 Å². The van der Waals surface area contributed by atoms with Gasteiger partial charge in [-0.25, -0.2) is 5.43 Å². The zero-order valence-electron chi connectivity index (χ0n) is 13.5. The van der Waals surface area contributed by atoms with E-state index in [0.29, 0.717) is 11.5 Å². The molecule has 0 heterocycles. The molecule has 3 rings (SSSR count). The molecule has 5 nitrogen and oxygen atoms in total. The van der Waals surface area contributed by atoms with Crippen LogP contribution in [0.1, 0.15) is 55.8 Å². The lowest BCUT2D eigenvalue weighted by Gasteiger charge is -2.18. The molecule has 0 saturated heterocycles. The summed E-state index contributed by atoms with van der Waals surface area (Å²) in [5.41, 5.74) is 4.99. The smallest absolute Gasteiger partial charge is 0.271 e. The van der Waals surface area contributed by atoms with Gasteiger partial charge in [0.15, 0.2) is 0 Å². The first-order chi connectivity index (χ1) is 11.1. The minimum absolute atomic E-state index is 0.0695. The molecular formula is C18H23N3O2. The first-order valence-electron chi connectivity index (χ1n) is 8.38. The second-order valence-corrected chi connectivity index (χ2v) is 6.66. The molecule has 0 aliphatic heterocycles. The highest BCUT2D eigenvalue weighted by molar-refractivity contribution is 5.97. The van der Waals surface area contributed by atoms with Crippen molar-refractivity contribution >= 4 is 23.2 Å².